The van der Waals surface area contributed by atoms with Crippen LogP contribution in [0.2, 0.25) is 5.02 Å². The van der Waals surface area contributed by atoms with Gasteiger partial charge in [0.05, 0.1) is 5.75 Å². The summed E-state index contributed by atoms with van der Waals surface area (Å²) in [7, 11) is -3.46. The quantitative estimate of drug-likeness (QED) is 0.303. The molecule has 0 bridgehead atoms. The summed E-state index contributed by atoms with van der Waals surface area (Å²) >= 11 is 6.18. The van der Waals surface area contributed by atoms with Gasteiger partial charge in [-0.2, -0.15) is 0 Å². The average molecular weight is 585 g/mol. The molecule has 0 amide bonds. The molecule has 1 fully saturated rings. The topological polar surface area (TPSA) is 80.3 Å². The van der Waals surface area contributed by atoms with E-state index in [1.807, 2.05) is 25.1 Å². The monoisotopic (exact) mass is 583 g/mol. The summed E-state index contributed by atoms with van der Waals surface area (Å²) in [6.45, 7) is 2.76. The van der Waals surface area contributed by atoms with E-state index in [1.54, 1.807) is 18.3 Å². The van der Waals surface area contributed by atoms with Gasteiger partial charge in [0, 0.05) is 22.7 Å². The van der Waals surface area contributed by atoms with Crippen molar-refractivity contribution >= 4 is 52.1 Å². The molecule has 0 radical (unpaired) electrons. The molecule has 1 saturated carbocycles. The predicted molar refractivity (Wildman–Crippen MR) is 154 cm³/mol. The summed E-state index contributed by atoms with van der Waals surface area (Å²) in [6, 6.07) is 17.9. The number of pyridine rings is 1. The summed E-state index contributed by atoms with van der Waals surface area (Å²) in [5.74, 6) is 0.918. The van der Waals surface area contributed by atoms with E-state index in [-0.39, 0.29) is 47.9 Å². The molecule has 1 unspecified atom stereocenters. The Bertz CT molecular complexity index is 1320. The van der Waals surface area contributed by atoms with Gasteiger partial charge in [-0.1, -0.05) is 43.1 Å². The van der Waals surface area contributed by atoms with E-state index in [2.05, 4.69) is 39.3 Å². The number of benzene rings is 2. The van der Waals surface area contributed by atoms with Crippen molar-refractivity contribution in [2.45, 2.75) is 50.5 Å². The van der Waals surface area contributed by atoms with Crippen molar-refractivity contribution in [3.05, 3.63) is 82.5 Å². The van der Waals surface area contributed by atoms with Gasteiger partial charge < -0.3 is 10.1 Å². The first-order valence-corrected chi connectivity index (χ1v) is 14.2. The van der Waals surface area contributed by atoms with Crippen LogP contribution in [0.3, 0.4) is 0 Å². The van der Waals surface area contributed by atoms with Gasteiger partial charge >= 0.3 is 0 Å². The van der Waals surface area contributed by atoms with Crippen molar-refractivity contribution in [1.29, 1.82) is 0 Å². The normalized spacial score (nSPS) is 17.8. The van der Waals surface area contributed by atoms with Crippen LogP contribution in [0.25, 0.3) is 0 Å². The van der Waals surface area contributed by atoms with E-state index >= 15 is 0 Å². The van der Waals surface area contributed by atoms with Gasteiger partial charge in [-0.3, -0.25) is 4.72 Å². The molecule has 2 heterocycles. The van der Waals surface area contributed by atoms with Crippen LogP contribution in [0.4, 0.5) is 5.69 Å². The molecular formula is C27H32Cl3N3O3S. The summed E-state index contributed by atoms with van der Waals surface area (Å²) in [4.78, 5) is 4.30. The number of sulfonamides is 1. The second-order valence-corrected chi connectivity index (χ2v) is 11.7. The zero-order valence-electron chi connectivity index (χ0n) is 20.6. The molecular weight excluding hydrogens is 553 g/mol. The van der Waals surface area contributed by atoms with Gasteiger partial charge in [0.25, 0.3) is 0 Å². The fraction of sp³-hybridized carbons (Fsp3) is 0.370. The maximum absolute atomic E-state index is 12.3. The van der Waals surface area contributed by atoms with Crippen molar-refractivity contribution in [2.24, 2.45) is 0 Å². The Morgan fingerprint density at radius 1 is 1.14 bits per heavy atom. The lowest BCUT2D eigenvalue weighted by Crippen LogP contribution is -2.49. The van der Waals surface area contributed by atoms with Crippen LogP contribution in [0.15, 0.2) is 60.8 Å². The number of rotatable bonds is 8. The Hall–Kier alpha value is -2.03. The van der Waals surface area contributed by atoms with Crippen molar-refractivity contribution in [3.8, 4) is 11.6 Å². The molecule has 0 saturated heterocycles. The van der Waals surface area contributed by atoms with Crippen molar-refractivity contribution < 1.29 is 13.2 Å². The number of halogens is 3. The molecule has 0 spiro atoms. The maximum atomic E-state index is 12.3. The number of hydrogen-bond acceptors (Lipinski definition) is 5. The molecule has 200 valence electrons. The highest BCUT2D eigenvalue weighted by molar-refractivity contribution is 7.92. The lowest BCUT2D eigenvalue weighted by Gasteiger charge is -2.50. The lowest BCUT2D eigenvalue weighted by atomic mass is 9.58. The van der Waals surface area contributed by atoms with Crippen LogP contribution in [-0.2, 0) is 21.9 Å². The predicted octanol–water partition coefficient (Wildman–Crippen LogP) is 6.83. The second kappa shape index (κ2) is 12.2. The Balaban J connectivity index is 0.00000190. The molecule has 2 aliphatic rings. The number of fused-ring (bicyclic) bond motifs is 1. The highest BCUT2D eigenvalue weighted by atomic mass is 35.5. The standard InChI is InChI=1S/C27H30ClN3O3S.2ClH/c1-2-17-35(32,33)31-24-5-3-15-30-26(24)34-22-11-6-19-12-16-29-25(23(19)18-22)27(13-4-14-27)20-7-9-21(28)10-8-20;;/h3,5-11,15,18,25,29,31H,2,4,12-14,16-17H2,1H3;2*1H. The van der Waals surface area contributed by atoms with E-state index in [4.69, 9.17) is 16.3 Å². The fourth-order valence-corrected chi connectivity index (χ4v) is 6.58. The first-order chi connectivity index (χ1) is 16.9. The van der Waals surface area contributed by atoms with Gasteiger partial charge in [0.1, 0.15) is 11.4 Å². The zero-order valence-corrected chi connectivity index (χ0v) is 23.8. The van der Waals surface area contributed by atoms with Gasteiger partial charge in [0.15, 0.2) is 0 Å². The van der Waals surface area contributed by atoms with E-state index < -0.39 is 10.0 Å². The second-order valence-electron chi connectivity index (χ2n) is 9.39. The number of nitrogens with one attached hydrogen (secondary N) is 2. The third-order valence-corrected chi connectivity index (χ3v) is 8.84. The van der Waals surface area contributed by atoms with Crippen LogP contribution in [0.1, 0.15) is 55.3 Å². The minimum Gasteiger partial charge on any atom is -0.437 e. The van der Waals surface area contributed by atoms with Crippen molar-refractivity contribution in [1.82, 2.24) is 10.3 Å². The van der Waals surface area contributed by atoms with E-state index in [0.717, 1.165) is 30.8 Å². The van der Waals surface area contributed by atoms with Crippen LogP contribution in [-0.4, -0.2) is 25.7 Å². The number of ether oxygens (including phenoxy) is 1. The zero-order chi connectivity index (χ0) is 24.5. The van der Waals surface area contributed by atoms with Gasteiger partial charge in [-0.05, 0) is 85.3 Å². The molecule has 1 aromatic heterocycles. The third-order valence-electron chi connectivity index (χ3n) is 7.11. The van der Waals surface area contributed by atoms with Gasteiger partial charge in [0.2, 0.25) is 15.9 Å². The summed E-state index contributed by atoms with van der Waals surface area (Å²) < 4.78 is 33.4. The van der Waals surface area contributed by atoms with E-state index in [1.165, 1.54) is 23.1 Å². The third kappa shape index (κ3) is 6.18. The largest absolute Gasteiger partial charge is 0.437 e. The Labute approximate surface area is 236 Å². The number of hydrogen-bond donors (Lipinski definition) is 2. The lowest BCUT2D eigenvalue weighted by molar-refractivity contribution is 0.164. The molecule has 2 N–H and O–H groups in total. The van der Waals surface area contributed by atoms with Crippen LogP contribution in [0.5, 0.6) is 11.6 Å². The minimum atomic E-state index is -3.46. The first kappa shape index (κ1) is 29.5. The minimum absolute atomic E-state index is 0. The number of anilines is 1. The summed E-state index contributed by atoms with van der Waals surface area (Å²) in [5, 5.41) is 4.53. The molecule has 6 nitrogen and oxygen atoms in total. The van der Waals surface area contributed by atoms with Crippen LogP contribution >= 0.6 is 36.4 Å². The summed E-state index contributed by atoms with van der Waals surface area (Å²) in [5.41, 5.74) is 4.20. The Morgan fingerprint density at radius 2 is 1.89 bits per heavy atom. The van der Waals surface area contributed by atoms with E-state index in [0.29, 0.717) is 17.9 Å². The Kier molecular flexibility index (Phi) is 9.75. The SMILES string of the molecule is CCCS(=O)(=O)Nc1cccnc1Oc1ccc2c(c1)C(C1(c3ccc(Cl)cc3)CCC1)NCC2.Cl.Cl. The summed E-state index contributed by atoms with van der Waals surface area (Å²) in [6.07, 6.45) is 6.50. The van der Waals surface area contributed by atoms with Gasteiger partial charge in [-0.25, -0.2) is 13.4 Å². The molecule has 2 aromatic carbocycles. The highest BCUT2D eigenvalue weighted by Gasteiger charge is 2.47. The first-order valence-electron chi connectivity index (χ1n) is 12.2. The van der Waals surface area contributed by atoms with Crippen LogP contribution in [0, 0.1) is 0 Å². The van der Waals surface area contributed by atoms with Crippen LogP contribution < -0.4 is 14.8 Å². The average Bonchev–Trinajstić information content (AvgIpc) is 2.81. The molecule has 37 heavy (non-hydrogen) atoms. The number of aromatic nitrogens is 1. The maximum Gasteiger partial charge on any atom is 0.243 e. The number of nitrogens with zero attached hydrogens (tertiary/aromatic N) is 1. The molecule has 1 aliphatic carbocycles. The fourth-order valence-electron chi connectivity index (χ4n) is 5.32. The Morgan fingerprint density at radius 3 is 2.57 bits per heavy atom. The van der Waals surface area contributed by atoms with Crippen molar-refractivity contribution in [3.63, 3.8) is 0 Å². The molecule has 10 heteroatoms. The highest BCUT2D eigenvalue weighted by Crippen LogP contribution is 2.54. The van der Waals surface area contributed by atoms with Crippen molar-refractivity contribution in [2.75, 3.05) is 17.0 Å². The molecule has 5 rings (SSSR count). The molecule has 1 aliphatic heterocycles. The van der Waals surface area contributed by atoms with Gasteiger partial charge in [-0.15, -0.1) is 24.8 Å². The molecule has 1 atom stereocenters. The molecule has 3 aromatic rings. The smallest absolute Gasteiger partial charge is 0.243 e. The van der Waals surface area contributed by atoms with E-state index in [9.17, 15) is 8.42 Å².